The first-order valence-corrected chi connectivity index (χ1v) is 6.51. The quantitative estimate of drug-likeness (QED) is 0.869. The Balaban J connectivity index is 2.29. The van der Waals surface area contributed by atoms with E-state index in [0.29, 0.717) is 6.54 Å². The number of rotatable bonds is 2. The highest BCUT2D eigenvalue weighted by molar-refractivity contribution is 5.81. The van der Waals surface area contributed by atoms with Crippen LogP contribution in [0.2, 0.25) is 0 Å². The minimum atomic E-state index is 0.00734. The molecule has 1 aromatic carbocycles. The molecule has 1 aliphatic heterocycles. The average molecular weight is 246 g/mol. The van der Waals surface area contributed by atoms with Crippen LogP contribution in [0.3, 0.4) is 0 Å². The van der Waals surface area contributed by atoms with Crippen molar-refractivity contribution in [1.82, 2.24) is 10.2 Å². The van der Waals surface area contributed by atoms with Gasteiger partial charge in [0.2, 0.25) is 5.91 Å². The molecule has 1 fully saturated rings. The summed E-state index contributed by atoms with van der Waals surface area (Å²) >= 11 is 0. The molecule has 1 aliphatic rings. The Morgan fingerprint density at radius 1 is 1.28 bits per heavy atom. The Labute approximate surface area is 109 Å². The van der Waals surface area contributed by atoms with Crippen molar-refractivity contribution in [2.24, 2.45) is 5.41 Å². The van der Waals surface area contributed by atoms with E-state index in [4.69, 9.17) is 0 Å². The van der Waals surface area contributed by atoms with E-state index >= 15 is 0 Å². The van der Waals surface area contributed by atoms with Gasteiger partial charge in [0.05, 0.1) is 6.54 Å². The molecule has 2 atom stereocenters. The predicted octanol–water partition coefficient (Wildman–Crippen LogP) is 2.55. The summed E-state index contributed by atoms with van der Waals surface area (Å²) in [5.41, 5.74) is 1.23. The van der Waals surface area contributed by atoms with E-state index in [1.807, 2.05) is 23.1 Å². The van der Waals surface area contributed by atoms with Crippen LogP contribution in [0.4, 0.5) is 0 Å². The zero-order chi connectivity index (χ0) is 13.3. The lowest BCUT2D eigenvalue weighted by Crippen LogP contribution is -2.45. The van der Waals surface area contributed by atoms with Crippen LogP contribution in [0.25, 0.3) is 0 Å². The largest absolute Gasteiger partial charge is 0.319 e. The Morgan fingerprint density at radius 2 is 1.89 bits per heavy atom. The molecule has 0 radical (unpaired) electrons. The van der Waals surface area contributed by atoms with Crippen LogP contribution < -0.4 is 5.32 Å². The van der Waals surface area contributed by atoms with Gasteiger partial charge in [-0.2, -0.15) is 0 Å². The number of nitrogens with one attached hydrogen (secondary N) is 1. The second-order valence-electron chi connectivity index (χ2n) is 6.04. The standard InChI is InChI=1S/C15H22N2O/c1-11(15(2,3)4)17-13(18)10-16-14(17)12-8-6-5-7-9-12/h5-9,11,14,16H,10H2,1-4H3. The van der Waals surface area contributed by atoms with Gasteiger partial charge in [-0.15, -0.1) is 0 Å². The fourth-order valence-corrected chi connectivity index (χ4v) is 2.29. The van der Waals surface area contributed by atoms with Gasteiger partial charge in [0.25, 0.3) is 0 Å². The summed E-state index contributed by atoms with van der Waals surface area (Å²) in [6.45, 7) is 9.07. The molecule has 1 N–H and O–H groups in total. The zero-order valence-corrected chi connectivity index (χ0v) is 11.6. The summed E-state index contributed by atoms with van der Waals surface area (Å²) in [4.78, 5) is 14.1. The first-order chi connectivity index (χ1) is 8.41. The van der Waals surface area contributed by atoms with E-state index in [0.717, 1.165) is 5.56 Å². The predicted molar refractivity (Wildman–Crippen MR) is 72.9 cm³/mol. The summed E-state index contributed by atoms with van der Waals surface area (Å²) in [6.07, 6.45) is 0.00734. The van der Waals surface area contributed by atoms with Gasteiger partial charge in [0.15, 0.2) is 0 Å². The smallest absolute Gasteiger partial charge is 0.238 e. The molecule has 1 amide bonds. The lowest BCUT2D eigenvalue weighted by Gasteiger charge is -2.38. The highest BCUT2D eigenvalue weighted by Gasteiger charge is 2.39. The van der Waals surface area contributed by atoms with Gasteiger partial charge in [0.1, 0.15) is 6.17 Å². The Kier molecular flexibility index (Phi) is 3.44. The monoisotopic (exact) mass is 246 g/mol. The van der Waals surface area contributed by atoms with Crippen LogP contribution in [0.1, 0.15) is 39.4 Å². The first kappa shape index (κ1) is 13.1. The van der Waals surface area contributed by atoms with Crippen molar-refractivity contribution in [2.45, 2.75) is 39.9 Å². The third-order valence-corrected chi connectivity index (χ3v) is 3.80. The minimum absolute atomic E-state index is 0.00734. The molecule has 0 bridgehead atoms. The van der Waals surface area contributed by atoms with Crippen LogP contribution in [0.5, 0.6) is 0 Å². The number of hydrogen-bond acceptors (Lipinski definition) is 2. The van der Waals surface area contributed by atoms with E-state index in [9.17, 15) is 4.79 Å². The molecule has 0 aliphatic carbocycles. The van der Waals surface area contributed by atoms with Crippen molar-refractivity contribution in [2.75, 3.05) is 6.54 Å². The van der Waals surface area contributed by atoms with Crippen LogP contribution >= 0.6 is 0 Å². The Morgan fingerprint density at radius 3 is 2.44 bits per heavy atom. The molecule has 3 nitrogen and oxygen atoms in total. The molecule has 2 rings (SSSR count). The van der Waals surface area contributed by atoms with E-state index in [1.165, 1.54) is 0 Å². The van der Waals surface area contributed by atoms with Crippen LogP contribution in [-0.2, 0) is 4.79 Å². The van der Waals surface area contributed by atoms with Crippen LogP contribution in [0, 0.1) is 5.41 Å². The fraction of sp³-hybridized carbons (Fsp3) is 0.533. The third-order valence-electron chi connectivity index (χ3n) is 3.80. The number of nitrogens with zero attached hydrogens (tertiary/aromatic N) is 1. The Hall–Kier alpha value is -1.35. The molecule has 1 saturated heterocycles. The fourth-order valence-electron chi connectivity index (χ4n) is 2.29. The van der Waals surface area contributed by atoms with Gasteiger partial charge in [-0.25, -0.2) is 0 Å². The molecule has 2 unspecified atom stereocenters. The van der Waals surface area contributed by atoms with Crippen molar-refractivity contribution < 1.29 is 4.79 Å². The van der Waals surface area contributed by atoms with Gasteiger partial charge in [0, 0.05) is 6.04 Å². The number of carbonyl (C=O) groups excluding carboxylic acids is 1. The van der Waals surface area contributed by atoms with E-state index in [-0.39, 0.29) is 23.5 Å². The van der Waals surface area contributed by atoms with Crippen molar-refractivity contribution in [3.63, 3.8) is 0 Å². The molecule has 18 heavy (non-hydrogen) atoms. The maximum absolute atomic E-state index is 12.1. The van der Waals surface area contributed by atoms with Crippen LogP contribution in [-0.4, -0.2) is 23.4 Å². The average Bonchev–Trinajstić information content (AvgIpc) is 2.70. The lowest BCUT2D eigenvalue weighted by atomic mass is 9.86. The molecule has 0 saturated carbocycles. The van der Waals surface area contributed by atoms with Crippen LogP contribution in [0.15, 0.2) is 30.3 Å². The Bertz CT molecular complexity index is 422. The normalized spacial score (nSPS) is 22.3. The van der Waals surface area contributed by atoms with Gasteiger partial charge < -0.3 is 4.90 Å². The first-order valence-electron chi connectivity index (χ1n) is 6.51. The molecular weight excluding hydrogens is 224 g/mol. The van der Waals surface area contributed by atoms with Gasteiger partial charge in [-0.1, -0.05) is 51.1 Å². The van der Waals surface area contributed by atoms with Crippen molar-refractivity contribution in [3.8, 4) is 0 Å². The SMILES string of the molecule is CC(N1C(=O)CNC1c1ccccc1)C(C)(C)C. The summed E-state index contributed by atoms with van der Waals surface area (Å²) in [7, 11) is 0. The maximum atomic E-state index is 12.1. The molecule has 0 spiro atoms. The number of amides is 1. The molecule has 3 heteroatoms. The number of carbonyl (C=O) groups is 1. The van der Waals surface area contributed by atoms with E-state index in [2.05, 4.69) is 45.1 Å². The summed E-state index contributed by atoms with van der Waals surface area (Å²) in [6, 6.07) is 10.4. The summed E-state index contributed by atoms with van der Waals surface area (Å²) in [5, 5.41) is 3.30. The van der Waals surface area contributed by atoms with Crippen molar-refractivity contribution in [1.29, 1.82) is 0 Å². The van der Waals surface area contributed by atoms with E-state index < -0.39 is 0 Å². The topological polar surface area (TPSA) is 32.3 Å². The van der Waals surface area contributed by atoms with Crippen molar-refractivity contribution in [3.05, 3.63) is 35.9 Å². The van der Waals surface area contributed by atoms with Gasteiger partial charge in [-0.3, -0.25) is 10.1 Å². The second-order valence-corrected chi connectivity index (χ2v) is 6.04. The molecule has 98 valence electrons. The highest BCUT2D eigenvalue weighted by atomic mass is 16.2. The second kappa shape index (κ2) is 4.73. The number of hydrogen-bond donors (Lipinski definition) is 1. The number of benzene rings is 1. The molecule has 0 aromatic heterocycles. The molecular formula is C15H22N2O. The van der Waals surface area contributed by atoms with E-state index in [1.54, 1.807) is 0 Å². The highest BCUT2D eigenvalue weighted by Crippen LogP contribution is 2.32. The maximum Gasteiger partial charge on any atom is 0.238 e. The van der Waals surface area contributed by atoms with Gasteiger partial charge >= 0.3 is 0 Å². The third kappa shape index (κ3) is 2.41. The molecule has 1 aromatic rings. The molecule has 1 heterocycles. The summed E-state index contributed by atoms with van der Waals surface area (Å²) < 4.78 is 0. The lowest BCUT2D eigenvalue weighted by molar-refractivity contribution is -0.132. The zero-order valence-electron chi connectivity index (χ0n) is 11.6. The van der Waals surface area contributed by atoms with Gasteiger partial charge in [-0.05, 0) is 17.9 Å². The van der Waals surface area contributed by atoms with Crippen molar-refractivity contribution >= 4 is 5.91 Å². The summed E-state index contributed by atoms with van der Waals surface area (Å²) in [5.74, 6) is 0.186. The minimum Gasteiger partial charge on any atom is -0.319 e.